The molecule has 0 spiro atoms. The highest BCUT2D eigenvalue weighted by Gasteiger charge is 2.27. The fourth-order valence-corrected chi connectivity index (χ4v) is 3.42. The first-order chi connectivity index (χ1) is 8.15. The van der Waals surface area contributed by atoms with Gasteiger partial charge in [-0.15, -0.1) is 12.4 Å². The molecule has 0 aromatic heterocycles. The summed E-state index contributed by atoms with van der Waals surface area (Å²) in [5.41, 5.74) is 0. The second-order valence-corrected chi connectivity index (χ2v) is 6.14. The van der Waals surface area contributed by atoms with Crippen LogP contribution in [-0.4, -0.2) is 60.2 Å². The number of ether oxygens (including phenoxy) is 1. The van der Waals surface area contributed by atoms with E-state index in [1.165, 1.54) is 0 Å². The van der Waals surface area contributed by atoms with Gasteiger partial charge in [0.15, 0.2) is 0 Å². The molecular formula is C12H23ClN2O2S. The molecule has 0 saturated carbocycles. The molecule has 6 heteroatoms. The van der Waals surface area contributed by atoms with Crippen molar-refractivity contribution >= 4 is 30.1 Å². The van der Waals surface area contributed by atoms with Crippen LogP contribution < -0.4 is 5.32 Å². The predicted octanol–water partition coefficient (Wildman–Crippen LogP) is 1.14. The number of nitrogens with zero attached hydrogens (tertiary/aromatic N) is 1. The summed E-state index contributed by atoms with van der Waals surface area (Å²) < 4.78 is 5.64. The number of amides is 1. The van der Waals surface area contributed by atoms with Crippen LogP contribution in [-0.2, 0) is 9.53 Å². The zero-order chi connectivity index (χ0) is 12.3. The van der Waals surface area contributed by atoms with Gasteiger partial charge in [0.05, 0.1) is 12.2 Å². The Morgan fingerprint density at radius 3 is 2.61 bits per heavy atom. The Morgan fingerprint density at radius 1 is 1.39 bits per heavy atom. The van der Waals surface area contributed by atoms with Gasteiger partial charge in [0.25, 0.3) is 0 Å². The van der Waals surface area contributed by atoms with Crippen molar-refractivity contribution in [1.29, 1.82) is 0 Å². The van der Waals surface area contributed by atoms with Crippen LogP contribution in [0.4, 0.5) is 0 Å². The quantitative estimate of drug-likeness (QED) is 0.829. The largest absolute Gasteiger partial charge is 0.372 e. The van der Waals surface area contributed by atoms with E-state index in [0.29, 0.717) is 12.5 Å². The minimum absolute atomic E-state index is 0. The lowest BCUT2D eigenvalue weighted by Crippen LogP contribution is -2.50. The first-order valence-corrected chi connectivity index (χ1v) is 7.55. The van der Waals surface area contributed by atoms with Gasteiger partial charge in [0.2, 0.25) is 5.91 Å². The van der Waals surface area contributed by atoms with Crippen molar-refractivity contribution in [3.05, 3.63) is 0 Å². The minimum Gasteiger partial charge on any atom is -0.372 e. The molecule has 2 saturated heterocycles. The van der Waals surface area contributed by atoms with E-state index in [2.05, 4.69) is 5.32 Å². The first kappa shape index (κ1) is 16.1. The van der Waals surface area contributed by atoms with Crippen LogP contribution in [0.3, 0.4) is 0 Å². The number of halogens is 1. The highest BCUT2D eigenvalue weighted by Crippen LogP contribution is 2.15. The van der Waals surface area contributed by atoms with Crippen molar-refractivity contribution < 1.29 is 9.53 Å². The van der Waals surface area contributed by atoms with E-state index in [1.54, 1.807) is 0 Å². The second-order valence-electron chi connectivity index (χ2n) is 4.99. The highest BCUT2D eigenvalue weighted by molar-refractivity contribution is 7.99. The molecule has 3 atom stereocenters. The predicted molar refractivity (Wildman–Crippen MR) is 77.6 cm³/mol. The molecule has 0 aromatic carbocycles. The summed E-state index contributed by atoms with van der Waals surface area (Å²) in [4.78, 5) is 14.1. The van der Waals surface area contributed by atoms with Gasteiger partial charge in [0.1, 0.15) is 0 Å². The SMILES string of the molecule is CC1CN(C(=O)CC2CSCCN2)CC(C)O1.Cl. The molecule has 2 fully saturated rings. The number of carbonyl (C=O) groups excluding carboxylic acids is 1. The van der Waals surface area contributed by atoms with Crippen LogP contribution in [0.1, 0.15) is 20.3 Å². The zero-order valence-electron chi connectivity index (χ0n) is 11.1. The molecule has 0 aromatic rings. The lowest BCUT2D eigenvalue weighted by Gasteiger charge is -2.36. The molecule has 1 amide bonds. The number of carbonyl (C=O) groups is 1. The van der Waals surface area contributed by atoms with Crippen LogP contribution in [0, 0.1) is 0 Å². The van der Waals surface area contributed by atoms with Gasteiger partial charge in [0, 0.05) is 43.6 Å². The normalized spacial score (nSPS) is 32.8. The van der Waals surface area contributed by atoms with Gasteiger partial charge in [-0.3, -0.25) is 4.79 Å². The lowest BCUT2D eigenvalue weighted by molar-refractivity contribution is -0.143. The number of thioether (sulfide) groups is 1. The highest BCUT2D eigenvalue weighted by atomic mass is 35.5. The maximum absolute atomic E-state index is 12.2. The van der Waals surface area contributed by atoms with Crippen LogP contribution in [0.5, 0.6) is 0 Å². The smallest absolute Gasteiger partial charge is 0.224 e. The van der Waals surface area contributed by atoms with Gasteiger partial charge in [-0.2, -0.15) is 11.8 Å². The third-order valence-electron chi connectivity index (χ3n) is 3.19. The Bertz CT molecular complexity index is 265. The molecule has 0 aliphatic carbocycles. The fourth-order valence-electron chi connectivity index (χ4n) is 2.47. The van der Waals surface area contributed by atoms with E-state index < -0.39 is 0 Å². The maximum atomic E-state index is 12.2. The summed E-state index contributed by atoms with van der Waals surface area (Å²) in [6.45, 7) is 6.57. The van der Waals surface area contributed by atoms with Crippen molar-refractivity contribution in [2.45, 2.75) is 38.5 Å². The van der Waals surface area contributed by atoms with Gasteiger partial charge in [-0.1, -0.05) is 0 Å². The van der Waals surface area contributed by atoms with Gasteiger partial charge < -0.3 is 15.0 Å². The van der Waals surface area contributed by atoms with Crippen molar-refractivity contribution in [1.82, 2.24) is 10.2 Å². The molecule has 4 nitrogen and oxygen atoms in total. The Hall–Kier alpha value is 0.0300. The van der Waals surface area contributed by atoms with Crippen LogP contribution in [0.15, 0.2) is 0 Å². The lowest BCUT2D eigenvalue weighted by atomic mass is 10.1. The molecule has 1 N–H and O–H groups in total. The second kappa shape index (κ2) is 7.58. The third-order valence-corrected chi connectivity index (χ3v) is 4.32. The molecule has 2 aliphatic heterocycles. The average Bonchev–Trinajstić information content (AvgIpc) is 2.29. The number of morpholine rings is 1. The molecule has 2 heterocycles. The van der Waals surface area contributed by atoms with Gasteiger partial charge >= 0.3 is 0 Å². The van der Waals surface area contributed by atoms with E-state index in [-0.39, 0.29) is 30.5 Å². The molecular weight excluding hydrogens is 272 g/mol. The van der Waals surface area contributed by atoms with Crippen LogP contribution >= 0.6 is 24.2 Å². The van der Waals surface area contributed by atoms with E-state index >= 15 is 0 Å². The molecule has 2 aliphatic rings. The van der Waals surface area contributed by atoms with E-state index in [9.17, 15) is 4.79 Å². The van der Waals surface area contributed by atoms with Crippen molar-refractivity contribution in [3.63, 3.8) is 0 Å². The topological polar surface area (TPSA) is 41.6 Å². The first-order valence-electron chi connectivity index (χ1n) is 6.39. The van der Waals surface area contributed by atoms with E-state index in [4.69, 9.17) is 4.74 Å². The summed E-state index contributed by atoms with van der Waals surface area (Å²) in [5.74, 6) is 2.49. The molecule has 2 rings (SSSR count). The standard InChI is InChI=1S/C12H22N2O2S.ClH/c1-9-6-14(7-10(2)16-9)12(15)5-11-8-17-4-3-13-11;/h9-11,13H,3-8H2,1-2H3;1H. The Morgan fingerprint density at radius 2 is 2.06 bits per heavy atom. The zero-order valence-corrected chi connectivity index (χ0v) is 12.7. The Balaban J connectivity index is 0.00000162. The summed E-state index contributed by atoms with van der Waals surface area (Å²) in [7, 11) is 0. The number of rotatable bonds is 2. The van der Waals surface area contributed by atoms with E-state index in [0.717, 1.165) is 31.1 Å². The van der Waals surface area contributed by atoms with Gasteiger partial charge in [-0.25, -0.2) is 0 Å². The third kappa shape index (κ3) is 4.61. The molecule has 106 valence electrons. The number of hydrogen-bond donors (Lipinski definition) is 1. The van der Waals surface area contributed by atoms with Crippen molar-refractivity contribution in [2.24, 2.45) is 0 Å². The number of nitrogens with one attached hydrogen (secondary N) is 1. The molecule has 0 bridgehead atoms. The van der Waals surface area contributed by atoms with Crippen molar-refractivity contribution in [2.75, 3.05) is 31.1 Å². The summed E-state index contributed by atoms with van der Waals surface area (Å²) in [6.07, 6.45) is 0.958. The van der Waals surface area contributed by atoms with E-state index in [1.807, 2.05) is 30.5 Å². The minimum atomic E-state index is 0. The maximum Gasteiger partial charge on any atom is 0.224 e. The van der Waals surface area contributed by atoms with Crippen LogP contribution in [0.2, 0.25) is 0 Å². The van der Waals surface area contributed by atoms with Crippen LogP contribution in [0.25, 0.3) is 0 Å². The van der Waals surface area contributed by atoms with Gasteiger partial charge in [-0.05, 0) is 13.8 Å². The Labute approximate surface area is 120 Å². The summed E-state index contributed by atoms with van der Waals surface area (Å²) in [6, 6.07) is 0.356. The molecule has 3 unspecified atom stereocenters. The van der Waals surface area contributed by atoms with Crippen molar-refractivity contribution in [3.8, 4) is 0 Å². The fraction of sp³-hybridized carbons (Fsp3) is 0.917. The molecule has 0 radical (unpaired) electrons. The summed E-state index contributed by atoms with van der Waals surface area (Å²) in [5, 5.41) is 3.41. The number of hydrogen-bond acceptors (Lipinski definition) is 4. The average molecular weight is 295 g/mol. The summed E-state index contributed by atoms with van der Waals surface area (Å²) >= 11 is 1.93. The molecule has 18 heavy (non-hydrogen) atoms. The Kier molecular flexibility index (Phi) is 6.77. The monoisotopic (exact) mass is 294 g/mol.